The van der Waals surface area contributed by atoms with Gasteiger partial charge >= 0.3 is 0 Å². The van der Waals surface area contributed by atoms with Crippen molar-refractivity contribution in [2.75, 3.05) is 10.6 Å². The number of aromatic nitrogens is 3. The van der Waals surface area contributed by atoms with Crippen molar-refractivity contribution < 1.29 is 8.91 Å². The van der Waals surface area contributed by atoms with Crippen molar-refractivity contribution in [2.24, 2.45) is 0 Å². The van der Waals surface area contributed by atoms with E-state index in [0.717, 1.165) is 11.3 Å². The lowest BCUT2D eigenvalue weighted by Crippen LogP contribution is -2.02. The summed E-state index contributed by atoms with van der Waals surface area (Å²) in [4.78, 5) is 9.13. The van der Waals surface area contributed by atoms with Crippen LogP contribution in [0.2, 0.25) is 0 Å². The van der Waals surface area contributed by atoms with E-state index in [-0.39, 0.29) is 5.82 Å². The fraction of sp³-hybridized carbons (Fsp3) is 0.0500. The largest absolute Gasteiger partial charge is 0.360 e. The Bertz CT molecular complexity index is 1050. The van der Waals surface area contributed by atoms with E-state index in [2.05, 4.69) is 25.8 Å². The number of nitrogens with one attached hydrogen (secondary N) is 2. The minimum absolute atomic E-state index is 0.294. The molecule has 0 fully saturated rings. The van der Waals surface area contributed by atoms with Gasteiger partial charge in [0.05, 0.1) is 0 Å². The smallest absolute Gasteiger partial charge is 0.175 e. The van der Waals surface area contributed by atoms with Gasteiger partial charge < -0.3 is 15.2 Å². The summed E-state index contributed by atoms with van der Waals surface area (Å²) in [5, 5.41) is 10.2. The highest BCUT2D eigenvalue weighted by atomic mass is 19.1. The van der Waals surface area contributed by atoms with Crippen molar-refractivity contribution in [3.05, 3.63) is 78.3 Å². The highest BCUT2D eigenvalue weighted by Gasteiger charge is 2.09. The number of benzene rings is 2. The molecule has 0 radical (unpaired) electrons. The first kappa shape index (κ1) is 16.7. The molecule has 0 saturated heterocycles. The Morgan fingerprint density at radius 1 is 0.815 bits per heavy atom. The van der Waals surface area contributed by atoms with E-state index in [0.29, 0.717) is 29.0 Å². The number of hydrogen-bond donors (Lipinski definition) is 2. The van der Waals surface area contributed by atoms with Crippen LogP contribution in [-0.4, -0.2) is 15.1 Å². The molecule has 0 aliphatic heterocycles. The Morgan fingerprint density at radius 3 is 2.19 bits per heavy atom. The van der Waals surface area contributed by atoms with Crippen LogP contribution in [0, 0.1) is 12.7 Å². The third-order valence-corrected chi connectivity index (χ3v) is 3.76. The lowest BCUT2D eigenvalue weighted by atomic mass is 10.2. The molecule has 134 valence electrons. The monoisotopic (exact) mass is 361 g/mol. The van der Waals surface area contributed by atoms with Gasteiger partial charge in [-0.05, 0) is 31.2 Å². The fourth-order valence-electron chi connectivity index (χ4n) is 2.53. The van der Waals surface area contributed by atoms with Crippen LogP contribution in [0.3, 0.4) is 0 Å². The van der Waals surface area contributed by atoms with E-state index in [9.17, 15) is 4.39 Å². The van der Waals surface area contributed by atoms with Crippen LogP contribution < -0.4 is 10.6 Å². The average molecular weight is 361 g/mol. The zero-order valence-corrected chi connectivity index (χ0v) is 14.5. The van der Waals surface area contributed by atoms with Crippen molar-refractivity contribution in [1.29, 1.82) is 0 Å². The predicted molar refractivity (Wildman–Crippen MR) is 102 cm³/mol. The minimum atomic E-state index is -0.294. The van der Waals surface area contributed by atoms with Gasteiger partial charge in [-0.25, -0.2) is 14.4 Å². The highest BCUT2D eigenvalue weighted by molar-refractivity contribution is 5.67. The molecule has 2 aromatic carbocycles. The molecule has 2 N–H and O–H groups in total. The molecule has 0 atom stereocenters. The van der Waals surface area contributed by atoms with Gasteiger partial charge in [-0.1, -0.05) is 35.5 Å². The molecule has 0 aliphatic rings. The molecule has 7 heteroatoms. The Labute approximate surface area is 155 Å². The van der Waals surface area contributed by atoms with Gasteiger partial charge in [-0.15, -0.1) is 0 Å². The van der Waals surface area contributed by atoms with E-state index in [1.807, 2.05) is 37.3 Å². The summed E-state index contributed by atoms with van der Waals surface area (Å²) in [6.07, 6.45) is 0. The maximum absolute atomic E-state index is 13.1. The van der Waals surface area contributed by atoms with Crippen LogP contribution in [0.5, 0.6) is 0 Å². The average Bonchev–Trinajstić information content (AvgIpc) is 3.09. The number of hydrogen-bond acceptors (Lipinski definition) is 6. The number of nitrogens with zero attached hydrogens (tertiary/aromatic N) is 3. The van der Waals surface area contributed by atoms with Crippen molar-refractivity contribution >= 4 is 23.1 Å². The summed E-state index contributed by atoms with van der Waals surface area (Å²) in [5.74, 6) is 2.62. The van der Waals surface area contributed by atoms with Gasteiger partial charge in [0.2, 0.25) is 0 Å². The molecular weight excluding hydrogens is 345 g/mol. The zero-order valence-electron chi connectivity index (χ0n) is 14.5. The molecule has 0 bridgehead atoms. The van der Waals surface area contributed by atoms with Gasteiger partial charge in [0.25, 0.3) is 0 Å². The van der Waals surface area contributed by atoms with Crippen molar-refractivity contribution in [1.82, 2.24) is 15.1 Å². The van der Waals surface area contributed by atoms with Crippen LogP contribution in [0.4, 0.5) is 27.5 Å². The van der Waals surface area contributed by atoms with Crippen LogP contribution in [0.25, 0.3) is 11.4 Å². The Hall–Kier alpha value is -3.74. The van der Waals surface area contributed by atoms with Gasteiger partial charge in [0.15, 0.2) is 11.6 Å². The van der Waals surface area contributed by atoms with Crippen LogP contribution in [0.15, 0.2) is 71.3 Å². The van der Waals surface area contributed by atoms with Gasteiger partial charge in [0, 0.05) is 23.4 Å². The summed E-state index contributed by atoms with van der Waals surface area (Å²) in [5.41, 5.74) is 1.59. The van der Waals surface area contributed by atoms with Crippen molar-refractivity contribution in [3.63, 3.8) is 0 Å². The Kier molecular flexibility index (Phi) is 4.49. The van der Waals surface area contributed by atoms with Gasteiger partial charge in [0.1, 0.15) is 23.2 Å². The first-order chi connectivity index (χ1) is 13.2. The topological polar surface area (TPSA) is 75.9 Å². The maximum Gasteiger partial charge on any atom is 0.175 e. The molecule has 4 rings (SSSR count). The minimum Gasteiger partial charge on any atom is -0.360 e. The fourth-order valence-corrected chi connectivity index (χ4v) is 2.53. The molecule has 6 nitrogen and oxygen atoms in total. The third kappa shape index (κ3) is 4.09. The highest BCUT2D eigenvalue weighted by Crippen LogP contribution is 2.24. The SMILES string of the molecule is Cc1cc(Nc2cc(Nc3ccc(F)cc3)nc(-c3ccccc3)n2)no1. The van der Waals surface area contributed by atoms with E-state index < -0.39 is 0 Å². The van der Waals surface area contributed by atoms with E-state index in [1.54, 1.807) is 24.3 Å². The normalized spacial score (nSPS) is 10.6. The molecule has 4 aromatic rings. The molecule has 2 aromatic heterocycles. The Morgan fingerprint density at radius 2 is 1.52 bits per heavy atom. The van der Waals surface area contributed by atoms with Crippen LogP contribution in [0.1, 0.15) is 5.76 Å². The quantitative estimate of drug-likeness (QED) is 0.517. The lowest BCUT2D eigenvalue weighted by Gasteiger charge is -2.10. The van der Waals surface area contributed by atoms with E-state index >= 15 is 0 Å². The van der Waals surface area contributed by atoms with Crippen molar-refractivity contribution in [2.45, 2.75) is 6.92 Å². The molecule has 27 heavy (non-hydrogen) atoms. The summed E-state index contributed by atoms with van der Waals surface area (Å²) in [6.45, 7) is 1.81. The zero-order chi connectivity index (χ0) is 18.6. The summed E-state index contributed by atoms with van der Waals surface area (Å²) in [6, 6.07) is 19.2. The second-order valence-corrected chi connectivity index (χ2v) is 5.91. The number of anilines is 4. The van der Waals surface area contributed by atoms with Crippen molar-refractivity contribution in [3.8, 4) is 11.4 Å². The van der Waals surface area contributed by atoms with Crippen LogP contribution in [-0.2, 0) is 0 Å². The second-order valence-electron chi connectivity index (χ2n) is 5.91. The number of rotatable bonds is 5. The van der Waals surface area contributed by atoms with E-state index in [4.69, 9.17) is 4.52 Å². The summed E-state index contributed by atoms with van der Waals surface area (Å²) in [7, 11) is 0. The predicted octanol–water partition coefficient (Wildman–Crippen LogP) is 5.07. The van der Waals surface area contributed by atoms with Gasteiger partial charge in [-0.3, -0.25) is 0 Å². The van der Waals surface area contributed by atoms with Gasteiger partial charge in [-0.2, -0.15) is 0 Å². The first-order valence-electron chi connectivity index (χ1n) is 8.33. The molecule has 0 spiro atoms. The number of halogens is 1. The maximum atomic E-state index is 13.1. The van der Waals surface area contributed by atoms with Crippen LogP contribution >= 0.6 is 0 Å². The lowest BCUT2D eigenvalue weighted by molar-refractivity contribution is 0.400. The summed E-state index contributed by atoms with van der Waals surface area (Å²) >= 11 is 0. The molecule has 0 saturated carbocycles. The standard InChI is InChI=1S/C20H16FN5O/c1-13-11-19(26-27-13)23-18-12-17(22-16-9-7-15(21)8-10-16)24-20(25-18)14-5-3-2-4-6-14/h2-12H,1H3,(H2,22,23,24,25,26). The molecular formula is C20H16FN5O. The van der Waals surface area contributed by atoms with E-state index in [1.165, 1.54) is 12.1 Å². The molecule has 0 aliphatic carbocycles. The number of aryl methyl sites for hydroxylation is 1. The third-order valence-electron chi connectivity index (χ3n) is 3.76. The second kappa shape index (κ2) is 7.25. The summed E-state index contributed by atoms with van der Waals surface area (Å²) < 4.78 is 18.2. The Balaban J connectivity index is 1.70. The first-order valence-corrected chi connectivity index (χ1v) is 8.33. The molecule has 0 unspecified atom stereocenters. The molecule has 0 amide bonds. The molecule has 2 heterocycles.